The summed E-state index contributed by atoms with van der Waals surface area (Å²) in [5, 5.41) is 6.16. The molecule has 5 nitrogen and oxygen atoms in total. The minimum absolute atomic E-state index is 0.0932. The first-order valence-electron chi connectivity index (χ1n) is 8.59. The maximum atomic E-state index is 12.3. The highest BCUT2D eigenvalue weighted by Crippen LogP contribution is 2.13. The molecule has 3 rings (SSSR count). The third kappa shape index (κ3) is 4.45. The van der Waals surface area contributed by atoms with Crippen molar-refractivity contribution in [2.24, 2.45) is 0 Å². The number of nitrogens with zero attached hydrogens (tertiary/aromatic N) is 2. The van der Waals surface area contributed by atoms with Crippen LogP contribution in [0, 0.1) is 6.92 Å². The van der Waals surface area contributed by atoms with Crippen molar-refractivity contribution in [3.05, 3.63) is 89.4 Å². The number of aryl methyl sites for hydroxylation is 1. The molecule has 0 spiro atoms. The van der Waals surface area contributed by atoms with E-state index in [0.717, 1.165) is 5.56 Å². The van der Waals surface area contributed by atoms with Crippen LogP contribution in [0.2, 0.25) is 0 Å². The molecule has 0 saturated heterocycles. The molecule has 3 aromatic rings. The fraction of sp³-hybridized carbons (Fsp3) is 0.190. The van der Waals surface area contributed by atoms with E-state index >= 15 is 0 Å². The Labute approximate surface area is 153 Å². The van der Waals surface area contributed by atoms with Gasteiger partial charge in [-0.2, -0.15) is 0 Å². The van der Waals surface area contributed by atoms with Gasteiger partial charge in [0, 0.05) is 6.54 Å². The predicted molar refractivity (Wildman–Crippen MR) is 103 cm³/mol. The lowest BCUT2D eigenvalue weighted by atomic mass is 10.1. The number of anilines is 1. The maximum absolute atomic E-state index is 12.3. The highest BCUT2D eigenvalue weighted by molar-refractivity contribution is 5.92. The van der Waals surface area contributed by atoms with Gasteiger partial charge in [0.25, 0.3) is 5.91 Å². The second-order valence-corrected chi connectivity index (χ2v) is 6.17. The molecule has 0 aliphatic rings. The summed E-state index contributed by atoms with van der Waals surface area (Å²) < 4.78 is 0. The summed E-state index contributed by atoms with van der Waals surface area (Å²) >= 11 is 0. The van der Waals surface area contributed by atoms with Gasteiger partial charge in [-0.25, -0.2) is 9.97 Å². The summed E-state index contributed by atoms with van der Waals surface area (Å²) in [7, 11) is 0. The van der Waals surface area contributed by atoms with Gasteiger partial charge in [0.1, 0.15) is 11.5 Å². The molecule has 132 valence electrons. The SMILES string of the molecule is Cc1ccccc1CNc1cnc(C(=O)NC(C)c2ccccc2)cn1. The topological polar surface area (TPSA) is 66.9 Å². The highest BCUT2D eigenvalue weighted by atomic mass is 16.1. The molecule has 0 fully saturated rings. The van der Waals surface area contributed by atoms with Crippen molar-refractivity contribution in [3.8, 4) is 0 Å². The second-order valence-electron chi connectivity index (χ2n) is 6.17. The summed E-state index contributed by atoms with van der Waals surface area (Å²) in [5.41, 5.74) is 3.77. The third-order valence-corrected chi connectivity index (χ3v) is 4.25. The number of carbonyl (C=O) groups excluding carboxylic acids is 1. The van der Waals surface area contributed by atoms with Gasteiger partial charge in [-0.05, 0) is 30.5 Å². The summed E-state index contributed by atoms with van der Waals surface area (Å²) in [5.74, 6) is 0.403. The van der Waals surface area contributed by atoms with Crippen molar-refractivity contribution in [3.63, 3.8) is 0 Å². The lowest BCUT2D eigenvalue weighted by Gasteiger charge is -2.14. The average molecular weight is 346 g/mol. The molecule has 1 atom stereocenters. The standard InChI is InChI=1S/C21H22N4O/c1-15-8-6-7-11-18(15)12-23-20-14-22-19(13-24-20)21(26)25-16(2)17-9-4-3-5-10-17/h3-11,13-14,16H,12H2,1-2H3,(H,23,24)(H,25,26). The van der Waals surface area contributed by atoms with Crippen LogP contribution in [0.4, 0.5) is 5.82 Å². The number of benzene rings is 2. The van der Waals surface area contributed by atoms with Gasteiger partial charge in [0.2, 0.25) is 0 Å². The van der Waals surface area contributed by atoms with E-state index in [0.29, 0.717) is 18.1 Å². The van der Waals surface area contributed by atoms with Gasteiger partial charge >= 0.3 is 0 Å². The Hall–Kier alpha value is -3.21. The van der Waals surface area contributed by atoms with Crippen LogP contribution < -0.4 is 10.6 Å². The molecule has 1 aromatic heterocycles. The van der Waals surface area contributed by atoms with Crippen LogP contribution in [0.5, 0.6) is 0 Å². The van der Waals surface area contributed by atoms with Crippen molar-refractivity contribution in [2.75, 3.05) is 5.32 Å². The molecule has 2 N–H and O–H groups in total. The van der Waals surface area contributed by atoms with E-state index < -0.39 is 0 Å². The number of rotatable bonds is 6. The van der Waals surface area contributed by atoms with Crippen LogP contribution in [0.25, 0.3) is 0 Å². The van der Waals surface area contributed by atoms with Gasteiger partial charge in [0.05, 0.1) is 18.4 Å². The van der Waals surface area contributed by atoms with Gasteiger partial charge in [-0.1, -0.05) is 54.6 Å². The normalized spacial score (nSPS) is 11.6. The van der Waals surface area contributed by atoms with Crippen LogP contribution in [0.1, 0.15) is 40.1 Å². The zero-order valence-electron chi connectivity index (χ0n) is 14.9. The molecular formula is C21H22N4O. The van der Waals surface area contributed by atoms with Crippen LogP contribution in [0.3, 0.4) is 0 Å². The van der Waals surface area contributed by atoms with Crippen LogP contribution >= 0.6 is 0 Å². The van der Waals surface area contributed by atoms with Crippen molar-refractivity contribution in [2.45, 2.75) is 26.4 Å². The van der Waals surface area contributed by atoms with E-state index in [9.17, 15) is 4.79 Å². The third-order valence-electron chi connectivity index (χ3n) is 4.25. The summed E-state index contributed by atoms with van der Waals surface area (Å²) in [6, 6.07) is 17.9. The summed E-state index contributed by atoms with van der Waals surface area (Å²) in [6.07, 6.45) is 3.08. The van der Waals surface area contributed by atoms with Crippen molar-refractivity contribution < 1.29 is 4.79 Å². The Morgan fingerprint density at radius 1 is 1.00 bits per heavy atom. The van der Waals surface area contributed by atoms with Crippen molar-refractivity contribution in [1.29, 1.82) is 0 Å². The number of hydrogen-bond acceptors (Lipinski definition) is 4. The maximum Gasteiger partial charge on any atom is 0.271 e. The highest BCUT2D eigenvalue weighted by Gasteiger charge is 2.12. The van der Waals surface area contributed by atoms with Gasteiger partial charge in [-0.15, -0.1) is 0 Å². The monoisotopic (exact) mass is 346 g/mol. The number of carbonyl (C=O) groups is 1. The fourth-order valence-corrected chi connectivity index (χ4v) is 2.63. The number of hydrogen-bond donors (Lipinski definition) is 2. The lowest BCUT2D eigenvalue weighted by Crippen LogP contribution is -2.27. The molecule has 1 unspecified atom stereocenters. The Kier molecular flexibility index (Phi) is 5.59. The van der Waals surface area contributed by atoms with E-state index in [1.165, 1.54) is 17.3 Å². The lowest BCUT2D eigenvalue weighted by molar-refractivity contribution is 0.0934. The largest absolute Gasteiger partial charge is 0.365 e. The molecule has 0 aliphatic heterocycles. The average Bonchev–Trinajstić information content (AvgIpc) is 2.68. The molecule has 1 amide bonds. The first-order chi connectivity index (χ1) is 12.6. The zero-order valence-corrected chi connectivity index (χ0v) is 14.9. The van der Waals surface area contributed by atoms with Crippen LogP contribution in [-0.2, 0) is 6.54 Å². The molecule has 0 bridgehead atoms. The molecule has 0 saturated carbocycles. The second kappa shape index (κ2) is 8.25. The van der Waals surface area contributed by atoms with Crippen LogP contribution in [-0.4, -0.2) is 15.9 Å². The number of amides is 1. The number of nitrogens with one attached hydrogen (secondary N) is 2. The minimum atomic E-state index is -0.237. The molecule has 0 radical (unpaired) electrons. The zero-order chi connectivity index (χ0) is 18.4. The summed E-state index contributed by atoms with van der Waals surface area (Å²) in [4.78, 5) is 20.8. The first-order valence-corrected chi connectivity index (χ1v) is 8.59. The summed E-state index contributed by atoms with van der Waals surface area (Å²) in [6.45, 7) is 4.68. The molecule has 0 aliphatic carbocycles. The smallest absolute Gasteiger partial charge is 0.271 e. The molecule has 5 heteroatoms. The van der Waals surface area contributed by atoms with E-state index in [1.807, 2.05) is 49.4 Å². The Morgan fingerprint density at radius 3 is 2.42 bits per heavy atom. The van der Waals surface area contributed by atoms with Gasteiger partial charge < -0.3 is 10.6 Å². The van der Waals surface area contributed by atoms with Crippen molar-refractivity contribution in [1.82, 2.24) is 15.3 Å². The Balaban J connectivity index is 1.58. The first kappa shape index (κ1) is 17.6. The minimum Gasteiger partial charge on any atom is -0.365 e. The molecule has 26 heavy (non-hydrogen) atoms. The van der Waals surface area contributed by atoms with Crippen molar-refractivity contribution >= 4 is 11.7 Å². The van der Waals surface area contributed by atoms with E-state index in [4.69, 9.17) is 0 Å². The van der Waals surface area contributed by atoms with E-state index in [2.05, 4.69) is 39.7 Å². The van der Waals surface area contributed by atoms with E-state index in [-0.39, 0.29) is 11.9 Å². The van der Waals surface area contributed by atoms with Gasteiger partial charge in [0.15, 0.2) is 0 Å². The van der Waals surface area contributed by atoms with Gasteiger partial charge in [-0.3, -0.25) is 4.79 Å². The van der Waals surface area contributed by atoms with Crippen LogP contribution in [0.15, 0.2) is 67.0 Å². The number of aromatic nitrogens is 2. The Morgan fingerprint density at radius 2 is 1.73 bits per heavy atom. The Bertz CT molecular complexity index is 863. The van der Waals surface area contributed by atoms with E-state index in [1.54, 1.807) is 6.20 Å². The quantitative estimate of drug-likeness (QED) is 0.711. The molecule has 1 heterocycles. The molecular weight excluding hydrogens is 324 g/mol. The predicted octanol–water partition coefficient (Wildman–Crippen LogP) is 3.89. The fourth-order valence-electron chi connectivity index (χ4n) is 2.63. The molecule has 2 aromatic carbocycles.